The van der Waals surface area contributed by atoms with E-state index in [1.165, 1.54) is 17.3 Å². The van der Waals surface area contributed by atoms with Gasteiger partial charge in [-0.15, -0.1) is 0 Å². The lowest BCUT2D eigenvalue weighted by molar-refractivity contribution is 0.108. The van der Waals surface area contributed by atoms with Crippen LogP contribution in [0.2, 0.25) is 0 Å². The first-order chi connectivity index (χ1) is 9.25. The summed E-state index contributed by atoms with van der Waals surface area (Å²) in [6.45, 7) is 0. The SMILES string of the molecule is NC(CCc1ccccc1)SC(=O)c1ccccc1. The second-order valence-corrected chi connectivity index (χ2v) is 5.55. The summed E-state index contributed by atoms with van der Waals surface area (Å²) in [7, 11) is 0. The van der Waals surface area contributed by atoms with Crippen molar-refractivity contribution in [3.05, 3.63) is 71.8 Å². The molecule has 2 N–H and O–H groups in total. The normalized spacial score (nSPS) is 12.1. The van der Waals surface area contributed by atoms with E-state index in [9.17, 15) is 4.79 Å². The van der Waals surface area contributed by atoms with Crippen molar-refractivity contribution in [2.75, 3.05) is 0 Å². The van der Waals surface area contributed by atoms with E-state index in [2.05, 4.69) is 12.1 Å². The van der Waals surface area contributed by atoms with E-state index in [-0.39, 0.29) is 10.5 Å². The topological polar surface area (TPSA) is 43.1 Å². The molecular formula is C16H17NOS. The van der Waals surface area contributed by atoms with Gasteiger partial charge in [-0.25, -0.2) is 0 Å². The van der Waals surface area contributed by atoms with E-state index in [1.807, 2.05) is 48.5 Å². The quantitative estimate of drug-likeness (QED) is 0.847. The molecule has 0 aliphatic heterocycles. The Hall–Kier alpha value is -1.58. The van der Waals surface area contributed by atoms with Crippen LogP contribution in [0.4, 0.5) is 0 Å². The highest BCUT2D eigenvalue weighted by Gasteiger charge is 2.12. The first-order valence-corrected chi connectivity index (χ1v) is 7.19. The maximum atomic E-state index is 11.9. The number of rotatable bonds is 5. The largest absolute Gasteiger partial charge is 0.319 e. The number of carbonyl (C=O) groups excluding carboxylic acids is 1. The summed E-state index contributed by atoms with van der Waals surface area (Å²) in [6, 6.07) is 19.5. The van der Waals surface area contributed by atoms with Gasteiger partial charge in [0.1, 0.15) is 0 Å². The first kappa shape index (κ1) is 13.8. The van der Waals surface area contributed by atoms with Gasteiger partial charge in [0.2, 0.25) is 5.12 Å². The van der Waals surface area contributed by atoms with E-state index in [1.54, 1.807) is 0 Å². The maximum Gasteiger partial charge on any atom is 0.220 e. The number of aryl methyl sites for hydroxylation is 1. The zero-order valence-electron chi connectivity index (χ0n) is 10.7. The Balaban J connectivity index is 1.81. The molecule has 1 unspecified atom stereocenters. The van der Waals surface area contributed by atoms with Crippen LogP contribution < -0.4 is 5.73 Å². The Kier molecular flexibility index (Phi) is 5.19. The summed E-state index contributed by atoms with van der Waals surface area (Å²) >= 11 is 1.21. The Bertz CT molecular complexity index is 513. The number of carbonyl (C=O) groups is 1. The van der Waals surface area contributed by atoms with Crippen molar-refractivity contribution in [3.63, 3.8) is 0 Å². The third-order valence-corrected chi connectivity index (χ3v) is 3.82. The molecule has 0 bridgehead atoms. The van der Waals surface area contributed by atoms with Gasteiger partial charge in [-0.05, 0) is 18.4 Å². The lowest BCUT2D eigenvalue weighted by atomic mass is 10.1. The van der Waals surface area contributed by atoms with E-state index in [4.69, 9.17) is 5.73 Å². The lowest BCUT2D eigenvalue weighted by Gasteiger charge is -2.10. The van der Waals surface area contributed by atoms with Crippen LogP contribution in [-0.4, -0.2) is 10.5 Å². The van der Waals surface area contributed by atoms with Gasteiger partial charge in [0.15, 0.2) is 0 Å². The van der Waals surface area contributed by atoms with Gasteiger partial charge in [0, 0.05) is 5.56 Å². The molecule has 0 heterocycles. The van der Waals surface area contributed by atoms with Crippen LogP contribution in [0, 0.1) is 0 Å². The predicted molar refractivity (Wildman–Crippen MR) is 81.1 cm³/mol. The van der Waals surface area contributed by atoms with Crippen molar-refractivity contribution in [1.29, 1.82) is 0 Å². The molecule has 2 rings (SSSR count). The number of benzene rings is 2. The van der Waals surface area contributed by atoms with Crippen LogP contribution >= 0.6 is 11.8 Å². The van der Waals surface area contributed by atoms with Crippen LogP contribution in [0.15, 0.2) is 60.7 Å². The Morgan fingerprint density at radius 1 is 1.00 bits per heavy atom. The van der Waals surface area contributed by atoms with Crippen molar-refractivity contribution in [2.24, 2.45) is 5.73 Å². The summed E-state index contributed by atoms with van der Waals surface area (Å²) < 4.78 is 0. The summed E-state index contributed by atoms with van der Waals surface area (Å²) in [5.74, 6) is 0. The fraction of sp³-hybridized carbons (Fsp3) is 0.188. The molecule has 19 heavy (non-hydrogen) atoms. The predicted octanol–water partition coefficient (Wildman–Crippen LogP) is 3.48. The molecule has 0 amide bonds. The zero-order valence-corrected chi connectivity index (χ0v) is 11.5. The van der Waals surface area contributed by atoms with E-state index < -0.39 is 0 Å². The van der Waals surface area contributed by atoms with Crippen LogP contribution in [0.25, 0.3) is 0 Å². The van der Waals surface area contributed by atoms with Crippen LogP contribution in [-0.2, 0) is 6.42 Å². The minimum atomic E-state index is -0.159. The molecule has 0 fully saturated rings. The second-order valence-electron chi connectivity index (χ2n) is 4.33. The fourth-order valence-corrected chi connectivity index (χ4v) is 2.58. The summed E-state index contributed by atoms with van der Waals surface area (Å²) in [4.78, 5) is 11.9. The Morgan fingerprint density at radius 2 is 1.58 bits per heavy atom. The summed E-state index contributed by atoms with van der Waals surface area (Å²) in [6.07, 6.45) is 1.70. The highest BCUT2D eigenvalue weighted by atomic mass is 32.2. The Morgan fingerprint density at radius 3 is 2.21 bits per heavy atom. The lowest BCUT2D eigenvalue weighted by Crippen LogP contribution is -2.18. The van der Waals surface area contributed by atoms with Crippen molar-refractivity contribution in [2.45, 2.75) is 18.2 Å². The fourth-order valence-electron chi connectivity index (χ4n) is 1.79. The van der Waals surface area contributed by atoms with Crippen LogP contribution in [0.5, 0.6) is 0 Å². The second kappa shape index (κ2) is 7.12. The molecule has 0 saturated heterocycles. The molecule has 0 aliphatic carbocycles. The van der Waals surface area contributed by atoms with Crippen molar-refractivity contribution < 1.29 is 4.79 Å². The molecule has 0 radical (unpaired) electrons. The van der Waals surface area contributed by atoms with Gasteiger partial charge in [0.05, 0.1) is 5.37 Å². The van der Waals surface area contributed by atoms with Crippen molar-refractivity contribution in [3.8, 4) is 0 Å². The van der Waals surface area contributed by atoms with Gasteiger partial charge >= 0.3 is 0 Å². The highest BCUT2D eigenvalue weighted by molar-refractivity contribution is 8.14. The molecule has 0 aliphatic rings. The molecule has 98 valence electrons. The molecule has 0 spiro atoms. The smallest absolute Gasteiger partial charge is 0.220 e. The zero-order chi connectivity index (χ0) is 13.5. The molecule has 2 nitrogen and oxygen atoms in total. The third kappa shape index (κ3) is 4.54. The van der Waals surface area contributed by atoms with E-state index in [0.717, 1.165) is 12.8 Å². The number of nitrogens with two attached hydrogens (primary N) is 1. The standard InChI is InChI=1S/C16H17NOS/c17-15(12-11-13-7-3-1-4-8-13)19-16(18)14-9-5-2-6-10-14/h1-10,15H,11-12,17H2. The summed E-state index contributed by atoms with van der Waals surface area (Å²) in [5, 5.41) is -0.117. The average molecular weight is 271 g/mol. The minimum Gasteiger partial charge on any atom is -0.319 e. The summed E-state index contributed by atoms with van der Waals surface area (Å²) in [5.41, 5.74) is 7.97. The molecule has 0 aromatic heterocycles. The molecule has 0 saturated carbocycles. The Labute approximate surface area is 118 Å². The molecule has 3 heteroatoms. The van der Waals surface area contributed by atoms with Crippen molar-refractivity contribution in [1.82, 2.24) is 0 Å². The molecule has 2 aromatic rings. The van der Waals surface area contributed by atoms with E-state index >= 15 is 0 Å². The molecule has 1 atom stereocenters. The monoisotopic (exact) mass is 271 g/mol. The average Bonchev–Trinajstić information content (AvgIpc) is 2.47. The first-order valence-electron chi connectivity index (χ1n) is 6.31. The molecule has 2 aromatic carbocycles. The number of hydrogen-bond donors (Lipinski definition) is 1. The van der Waals surface area contributed by atoms with Gasteiger partial charge in [-0.3, -0.25) is 4.79 Å². The number of hydrogen-bond acceptors (Lipinski definition) is 3. The maximum absolute atomic E-state index is 11.9. The van der Waals surface area contributed by atoms with Crippen LogP contribution in [0.1, 0.15) is 22.3 Å². The van der Waals surface area contributed by atoms with Gasteiger partial charge in [-0.1, -0.05) is 72.4 Å². The highest BCUT2D eigenvalue weighted by Crippen LogP contribution is 2.18. The van der Waals surface area contributed by atoms with Crippen molar-refractivity contribution >= 4 is 16.9 Å². The van der Waals surface area contributed by atoms with Gasteiger partial charge < -0.3 is 5.73 Å². The van der Waals surface area contributed by atoms with Crippen LogP contribution in [0.3, 0.4) is 0 Å². The molecular weight excluding hydrogens is 254 g/mol. The minimum absolute atomic E-state index is 0.0427. The number of thioether (sulfide) groups is 1. The third-order valence-electron chi connectivity index (χ3n) is 2.83. The van der Waals surface area contributed by atoms with Gasteiger partial charge in [0.25, 0.3) is 0 Å². The van der Waals surface area contributed by atoms with E-state index in [0.29, 0.717) is 5.56 Å². The van der Waals surface area contributed by atoms with Gasteiger partial charge in [-0.2, -0.15) is 0 Å².